The van der Waals surface area contributed by atoms with E-state index in [0.717, 1.165) is 12.8 Å². The lowest BCUT2D eigenvalue weighted by atomic mass is 9.93. The second-order valence-corrected chi connectivity index (χ2v) is 7.45. The van der Waals surface area contributed by atoms with Crippen LogP contribution in [-0.2, 0) is 0 Å². The van der Waals surface area contributed by atoms with Gasteiger partial charge in [0, 0.05) is 10.4 Å². The fourth-order valence-corrected chi connectivity index (χ4v) is 2.69. The molecule has 0 radical (unpaired) electrons. The zero-order chi connectivity index (χ0) is 13.9. The number of allylic oxidation sites excluding steroid dienone is 1. The zero-order valence-corrected chi connectivity index (χ0v) is 14.0. The Labute approximate surface area is 123 Å². The molecule has 0 aliphatic rings. The number of hydrogen-bond donors (Lipinski definition) is 1. The minimum Gasteiger partial charge on any atom is -0.326 e. The average Bonchev–Trinajstić information content (AvgIpc) is 2.32. The van der Waals surface area contributed by atoms with Gasteiger partial charge in [0.2, 0.25) is 0 Å². The average molecular weight is 318 g/mol. The molecule has 0 spiro atoms. The van der Waals surface area contributed by atoms with Gasteiger partial charge in [-0.2, -0.15) is 0 Å². The number of unbranched alkanes of at least 4 members (excludes halogenated alkanes) is 7. The van der Waals surface area contributed by atoms with Gasteiger partial charge in [0.1, 0.15) is 0 Å². The van der Waals surface area contributed by atoms with Crippen LogP contribution in [0.2, 0.25) is 0 Å². The van der Waals surface area contributed by atoms with Gasteiger partial charge in [-0.05, 0) is 19.8 Å². The minimum absolute atomic E-state index is 0.0237. The van der Waals surface area contributed by atoms with Crippen molar-refractivity contribution < 1.29 is 0 Å². The van der Waals surface area contributed by atoms with Gasteiger partial charge in [-0.15, -0.1) is 6.58 Å². The second kappa shape index (κ2) is 11.0. The van der Waals surface area contributed by atoms with Crippen molar-refractivity contribution in [2.24, 2.45) is 5.73 Å². The maximum Gasteiger partial charge on any atom is 0.0414 e. The highest BCUT2D eigenvalue weighted by Crippen LogP contribution is 2.28. The first-order valence-corrected chi connectivity index (χ1v) is 8.39. The third-order valence-corrected chi connectivity index (χ3v) is 4.60. The summed E-state index contributed by atoms with van der Waals surface area (Å²) in [6.45, 7) is 8.22. The topological polar surface area (TPSA) is 26.0 Å². The van der Waals surface area contributed by atoms with E-state index < -0.39 is 0 Å². The van der Waals surface area contributed by atoms with Gasteiger partial charge in [0.25, 0.3) is 0 Å². The first kappa shape index (κ1) is 18.2. The van der Waals surface area contributed by atoms with Crippen molar-refractivity contribution in [1.82, 2.24) is 0 Å². The van der Waals surface area contributed by atoms with Gasteiger partial charge in [-0.25, -0.2) is 0 Å². The van der Waals surface area contributed by atoms with E-state index in [-0.39, 0.29) is 10.4 Å². The number of alkyl halides is 1. The molecule has 0 bridgehead atoms. The summed E-state index contributed by atoms with van der Waals surface area (Å²) in [4.78, 5) is 0. The monoisotopic (exact) mass is 317 g/mol. The van der Waals surface area contributed by atoms with Gasteiger partial charge < -0.3 is 5.73 Å². The van der Waals surface area contributed by atoms with E-state index in [0.29, 0.717) is 0 Å². The minimum atomic E-state index is 0.0237. The first-order valence-electron chi connectivity index (χ1n) is 7.60. The SMILES string of the molecule is C=CCC(C)(Br)C(N)CCCCCCCCCC. The number of rotatable bonds is 12. The third kappa shape index (κ3) is 9.16. The largest absolute Gasteiger partial charge is 0.326 e. The van der Waals surface area contributed by atoms with Crippen LogP contribution in [0.25, 0.3) is 0 Å². The normalized spacial score (nSPS) is 16.2. The molecular formula is C16H32BrN. The van der Waals surface area contributed by atoms with Gasteiger partial charge in [-0.3, -0.25) is 0 Å². The molecule has 108 valence electrons. The van der Waals surface area contributed by atoms with Crippen LogP contribution in [-0.4, -0.2) is 10.4 Å². The number of halogens is 1. The van der Waals surface area contributed by atoms with E-state index in [1.165, 1.54) is 51.4 Å². The van der Waals surface area contributed by atoms with E-state index in [2.05, 4.69) is 36.4 Å². The summed E-state index contributed by atoms with van der Waals surface area (Å²) >= 11 is 3.72. The Morgan fingerprint density at radius 1 is 1.11 bits per heavy atom. The Bertz CT molecular complexity index is 201. The standard InChI is InChI=1S/C16H32BrN/c1-4-6-7-8-9-10-11-12-13-15(18)16(3,17)14-5-2/h5,15H,2,4,6-14,18H2,1,3H3. The maximum atomic E-state index is 6.22. The Morgan fingerprint density at radius 2 is 1.61 bits per heavy atom. The van der Waals surface area contributed by atoms with Gasteiger partial charge in [0.15, 0.2) is 0 Å². The fourth-order valence-electron chi connectivity index (χ4n) is 2.23. The van der Waals surface area contributed by atoms with E-state index in [1.54, 1.807) is 0 Å². The quantitative estimate of drug-likeness (QED) is 0.284. The summed E-state index contributed by atoms with van der Waals surface area (Å²) in [6, 6.07) is 0.232. The van der Waals surface area contributed by atoms with Gasteiger partial charge >= 0.3 is 0 Å². The molecule has 0 rings (SSSR count). The molecule has 0 amide bonds. The third-order valence-electron chi connectivity index (χ3n) is 3.69. The van der Waals surface area contributed by atoms with Gasteiger partial charge in [0.05, 0.1) is 0 Å². The summed E-state index contributed by atoms with van der Waals surface area (Å²) in [5.74, 6) is 0. The van der Waals surface area contributed by atoms with Crippen LogP contribution in [0.5, 0.6) is 0 Å². The Hall–Kier alpha value is 0.180. The second-order valence-electron chi connectivity index (χ2n) is 5.64. The predicted octanol–water partition coefficient (Wildman–Crippen LogP) is 5.57. The molecular weight excluding hydrogens is 286 g/mol. The van der Waals surface area contributed by atoms with Crippen molar-refractivity contribution in [1.29, 1.82) is 0 Å². The van der Waals surface area contributed by atoms with Crippen LogP contribution >= 0.6 is 15.9 Å². The molecule has 0 fully saturated rings. The van der Waals surface area contributed by atoms with Crippen LogP contribution in [0.15, 0.2) is 12.7 Å². The highest BCUT2D eigenvalue weighted by atomic mass is 79.9. The molecule has 0 aliphatic carbocycles. The summed E-state index contributed by atoms with van der Waals surface area (Å²) in [5.41, 5.74) is 6.22. The summed E-state index contributed by atoms with van der Waals surface area (Å²) in [7, 11) is 0. The lowest BCUT2D eigenvalue weighted by Crippen LogP contribution is -2.40. The van der Waals surface area contributed by atoms with E-state index in [1.807, 2.05) is 6.08 Å². The molecule has 18 heavy (non-hydrogen) atoms. The van der Waals surface area contributed by atoms with Crippen molar-refractivity contribution in [2.45, 2.75) is 88.4 Å². The molecule has 1 nitrogen and oxygen atoms in total. The smallest absolute Gasteiger partial charge is 0.0414 e. The fraction of sp³-hybridized carbons (Fsp3) is 0.875. The molecule has 2 heteroatoms. The molecule has 2 unspecified atom stereocenters. The van der Waals surface area contributed by atoms with E-state index in [9.17, 15) is 0 Å². The summed E-state index contributed by atoms with van der Waals surface area (Å²) in [5, 5.41) is 0. The highest BCUT2D eigenvalue weighted by Gasteiger charge is 2.26. The molecule has 0 aliphatic heterocycles. The molecule has 0 heterocycles. The van der Waals surface area contributed by atoms with Crippen LogP contribution in [0.1, 0.15) is 78.1 Å². The Morgan fingerprint density at radius 3 is 2.11 bits per heavy atom. The molecule has 0 saturated heterocycles. The molecule has 2 atom stereocenters. The zero-order valence-electron chi connectivity index (χ0n) is 12.4. The lowest BCUT2D eigenvalue weighted by Gasteiger charge is -2.28. The molecule has 0 aromatic carbocycles. The van der Waals surface area contributed by atoms with Crippen molar-refractivity contribution in [3.63, 3.8) is 0 Å². The molecule has 0 aromatic heterocycles. The Balaban J connectivity index is 3.45. The Kier molecular flexibility index (Phi) is 11.2. The highest BCUT2D eigenvalue weighted by molar-refractivity contribution is 9.10. The van der Waals surface area contributed by atoms with Crippen LogP contribution < -0.4 is 5.73 Å². The molecule has 0 saturated carbocycles. The maximum absolute atomic E-state index is 6.22. The van der Waals surface area contributed by atoms with E-state index in [4.69, 9.17) is 5.73 Å². The predicted molar refractivity (Wildman–Crippen MR) is 87.3 cm³/mol. The molecule has 0 aromatic rings. The van der Waals surface area contributed by atoms with Crippen LogP contribution in [0.4, 0.5) is 0 Å². The number of nitrogens with two attached hydrogens (primary N) is 1. The van der Waals surface area contributed by atoms with Crippen molar-refractivity contribution >= 4 is 15.9 Å². The summed E-state index contributed by atoms with van der Waals surface area (Å²) in [6.07, 6.45) is 14.9. The summed E-state index contributed by atoms with van der Waals surface area (Å²) < 4.78 is 0.0237. The van der Waals surface area contributed by atoms with E-state index >= 15 is 0 Å². The first-order chi connectivity index (χ1) is 8.54. The number of hydrogen-bond acceptors (Lipinski definition) is 1. The molecule has 2 N–H and O–H groups in total. The van der Waals surface area contributed by atoms with Crippen LogP contribution in [0, 0.1) is 0 Å². The van der Waals surface area contributed by atoms with Crippen molar-refractivity contribution in [2.75, 3.05) is 0 Å². The lowest BCUT2D eigenvalue weighted by molar-refractivity contribution is 0.456. The van der Waals surface area contributed by atoms with Crippen molar-refractivity contribution in [3.05, 3.63) is 12.7 Å². The van der Waals surface area contributed by atoms with Gasteiger partial charge in [-0.1, -0.05) is 80.3 Å². The van der Waals surface area contributed by atoms with Crippen LogP contribution in [0.3, 0.4) is 0 Å². The van der Waals surface area contributed by atoms with Crippen molar-refractivity contribution in [3.8, 4) is 0 Å².